The van der Waals surface area contributed by atoms with Crippen LogP contribution in [0.4, 0.5) is 10.8 Å². The van der Waals surface area contributed by atoms with Crippen LogP contribution in [0.15, 0.2) is 28.9 Å². The van der Waals surface area contributed by atoms with E-state index in [2.05, 4.69) is 37.4 Å². The fraction of sp³-hybridized carbons (Fsp3) is 0.167. The standard InChI is InChI=1S/C12H11BrN4S/c1-7-10(6-17(2)16-7)15-12-14-9-4-3-8(13)5-11(9)18-12/h3-6H,1-2H3,(H,14,15). The van der Waals surface area contributed by atoms with Crippen LogP contribution in [0.5, 0.6) is 0 Å². The highest BCUT2D eigenvalue weighted by Gasteiger charge is 2.07. The van der Waals surface area contributed by atoms with Gasteiger partial charge < -0.3 is 5.32 Å². The normalized spacial score (nSPS) is 11.1. The molecule has 0 aliphatic heterocycles. The second-order valence-corrected chi connectivity index (χ2v) is 6.00. The van der Waals surface area contributed by atoms with E-state index in [0.717, 1.165) is 31.2 Å². The number of hydrogen-bond donors (Lipinski definition) is 1. The molecule has 2 heterocycles. The van der Waals surface area contributed by atoms with Gasteiger partial charge in [-0.15, -0.1) is 0 Å². The molecule has 0 amide bonds. The van der Waals surface area contributed by atoms with Crippen LogP contribution in [0, 0.1) is 6.92 Å². The van der Waals surface area contributed by atoms with Crippen LogP contribution in [0.25, 0.3) is 10.2 Å². The van der Waals surface area contributed by atoms with Crippen LogP contribution in [0.3, 0.4) is 0 Å². The molecule has 92 valence electrons. The average Bonchev–Trinajstić information content (AvgIpc) is 2.82. The van der Waals surface area contributed by atoms with E-state index in [-0.39, 0.29) is 0 Å². The Balaban J connectivity index is 1.97. The number of rotatable bonds is 2. The molecule has 0 saturated heterocycles. The smallest absolute Gasteiger partial charge is 0.188 e. The lowest BCUT2D eigenvalue weighted by atomic mass is 10.3. The first kappa shape index (κ1) is 11.7. The summed E-state index contributed by atoms with van der Waals surface area (Å²) >= 11 is 5.10. The Morgan fingerprint density at radius 2 is 2.22 bits per heavy atom. The van der Waals surface area contributed by atoms with Crippen molar-refractivity contribution < 1.29 is 0 Å². The molecule has 0 saturated carbocycles. The van der Waals surface area contributed by atoms with E-state index < -0.39 is 0 Å². The zero-order valence-electron chi connectivity index (χ0n) is 9.94. The van der Waals surface area contributed by atoms with Crippen LogP contribution in [-0.4, -0.2) is 14.8 Å². The molecular formula is C12H11BrN4S. The van der Waals surface area contributed by atoms with Crippen molar-refractivity contribution in [2.45, 2.75) is 6.92 Å². The lowest BCUT2D eigenvalue weighted by Crippen LogP contribution is -1.89. The summed E-state index contributed by atoms with van der Waals surface area (Å²) in [6.45, 7) is 1.98. The average molecular weight is 323 g/mol. The summed E-state index contributed by atoms with van der Waals surface area (Å²) in [7, 11) is 1.91. The van der Waals surface area contributed by atoms with Gasteiger partial charge in [0.05, 0.1) is 21.6 Å². The second kappa shape index (κ2) is 4.37. The molecule has 0 fully saturated rings. The molecule has 0 atom stereocenters. The van der Waals surface area contributed by atoms with E-state index in [1.54, 1.807) is 16.0 Å². The van der Waals surface area contributed by atoms with Gasteiger partial charge in [-0.25, -0.2) is 4.98 Å². The number of fused-ring (bicyclic) bond motifs is 1. The lowest BCUT2D eigenvalue weighted by Gasteiger charge is -1.97. The van der Waals surface area contributed by atoms with Gasteiger partial charge in [-0.1, -0.05) is 27.3 Å². The maximum atomic E-state index is 4.55. The molecule has 2 aromatic heterocycles. The van der Waals surface area contributed by atoms with Crippen LogP contribution < -0.4 is 5.32 Å². The van der Waals surface area contributed by atoms with Gasteiger partial charge in [0, 0.05) is 17.7 Å². The number of nitrogens with one attached hydrogen (secondary N) is 1. The Hall–Kier alpha value is -1.40. The van der Waals surface area contributed by atoms with Crippen molar-refractivity contribution in [1.82, 2.24) is 14.8 Å². The first-order valence-electron chi connectivity index (χ1n) is 5.45. The third-order valence-electron chi connectivity index (χ3n) is 2.61. The molecule has 4 nitrogen and oxygen atoms in total. The van der Waals surface area contributed by atoms with E-state index in [0.29, 0.717) is 0 Å². The number of nitrogens with zero attached hydrogens (tertiary/aromatic N) is 3. The molecule has 0 aliphatic carbocycles. The van der Waals surface area contributed by atoms with Crippen molar-refractivity contribution in [3.8, 4) is 0 Å². The fourth-order valence-corrected chi connectivity index (χ4v) is 3.22. The van der Waals surface area contributed by atoms with Crippen LogP contribution in [0.2, 0.25) is 0 Å². The van der Waals surface area contributed by atoms with Crippen molar-refractivity contribution in [3.05, 3.63) is 34.6 Å². The second-order valence-electron chi connectivity index (χ2n) is 4.06. The largest absolute Gasteiger partial charge is 0.329 e. The Labute approximate surface area is 117 Å². The summed E-state index contributed by atoms with van der Waals surface area (Å²) < 4.78 is 4.03. The van der Waals surface area contributed by atoms with Gasteiger partial charge in [-0.05, 0) is 25.1 Å². The summed E-state index contributed by atoms with van der Waals surface area (Å²) in [4.78, 5) is 4.55. The lowest BCUT2D eigenvalue weighted by molar-refractivity contribution is 0.756. The molecule has 0 radical (unpaired) electrons. The Morgan fingerprint density at radius 3 is 2.94 bits per heavy atom. The van der Waals surface area contributed by atoms with Crippen LogP contribution in [-0.2, 0) is 7.05 Å². The number of anilines is 2. The molecule has 6 heteroatoms. The summed E-state index contributed by atoms with van der Waals surface area (Å²) in [5, 5.41) is 8.50. The van der Waals surface area contributed by atoms with Gasteiger partial charge in [0.2, 0.25) is 0 Å². The van der Waals surface area contributed by atoms with Gasteiger partial charge in [0.1, 0.15) is 0 Å². The zero-order chi connectivity index (χ0) is 12.7. The summed E-state index contributed by atoms with van der Waals surface area (Å²) in [5.41, 5.74) is 2.97. The number of aromatic nitrogens is 3. The number of hydrogen-bond acceptors (Lipinski definition) is 4. The van der Waals surface area contributed by atoms with E-state index >= 15 is 0 Å². The van der Waals surface area contributed by atoms with Gasteiger partial charge in [0.15, 0.2) is 5.13 Å². The molecule has 0 aliphatic rings. The number of halogens is 1. The van der Waals surface area contributed by atoms with Crippen molar-refractivity contribution in [3.63, 3.8) is 0 Å². The van der Waals surface area contributed by atoms with Crippen molar-refractivity contribution >= 4 is 48.3 Å². The highest BCUT2D eigenvalue weighted by Crippen LogP contribution is 2.30. The van der Waals surface area contributed by atoms with Crippen molar-refractivity contribution in [2.24, 2.45) is 7.05 Å². The Bertz CT molecular complexity index is 716. The molecule has 0 unspecified atom stereocenters. The van der Waals surface area contributed by atoms with Crippen molar-refractivity contribution in [1.29, 1.82) is 0 Å². The minimum atomic E-state index is 0.888. The number of benzene rings is 1. The highest BCUT2D eigenvalue weighted by molar-refractivity contribution is 9.10. The SMILES string of the molecule is Cc1nn(C)cc1Nc1nc2ccc(Br)cc2s1. The monoisotopic (exact) mass is 322 g/mol. The predicted molar refractivity (Wildman–Crippen MR) is 78.5 cm³/mol. The predicted octanol–water partition coefficient (Wildman–Crippen LogP) is 3.84. The maximum absolute atomic E-state index is 4.55. The first-order valence-corrected chi connectivity index (χ1v) is 7.06. The fourth-order valence-electron chi connectivity index (χ4n) is 1.79. The maximum Gasteiger partial charge on any atom is 0.188 e. The van der Waals surface area contributed by atoms with E-state index in [4.69, 9.17) is 0 Å². The van der Waals surface area contributed by atoms with E-state index in [9.17, 15) is 0 Å². The molecule has 1 aromatic carbocycles. The van der Waals surface area contributed by atoms with Gasteiger partial charge in [-0.2, -0.15) is 5.10 Å². The molecular weight excluding hydrogens is 312 g/mol. The Kier molecular flexibility index (Phi) is 2.83. The number of aryl methyl sites for hydroxylation is 2. The topological polar surface area (TPSA) is 42.7 Å². The third-order valence-corrected chi connectivity index (χ3v) is 4.03. The first-order chi connectivity index (χ1) is 8.61. The molecule has 1 N–H and O–H groups in total. The van der Waals surface area contributed by atoms with Crippen molar-refractivity contribution in [2.75, 3.05) is 5.32 Å². The van der Waals surface area contributed by atoms with Crippen LogP contribution >= 0.6 is 27.3 Å². The number of thiazole rings is 1. The van der Waals surface area contributed by atoms with Gasteiger partial charge >= 0.3 is 0 Å². The van der Waals surface area contributed by atoms with E-state index in [1.165, 1.54) is 0 Å². The van der Waals surface area contributed by atoms with E-state index in [1.807, 2.05) is 32.3 Å². The molecule has 3 rings (SSSR count). The van der Waals surface area contributed by atoms with Gasteiger partial charge in [-0.3, -0.25) is 4.68 Å². The molecule has 3 aromatic rings. The van der Waals surface area contributed by atoms with Gasteiger partial charge in [0.25, 0.3) is 0 Å². The minimum Gasteiger partial charge on any atom is -0.329 e. The quantitative estimate of drug-likeness (QED) is 0.779. The molecule has 18 heavy (non-hydrogen) atoms. The Morgan fingerprint density at radius 1 is 1.39 bits per heavy atom. The minimum absolute atomic E-state index is 0.888. The summed E-state index contributed by atoms with van der Waals surface area (Å²) in [6, 6.07) is 6.09. The zero-order valence-corrected chi connectivity index (χ0v) is 12.3. The van der Waals surface area contributed by atoms with Crippen LogP contribution in [0.1, 0.15) is 5.69 Å². The molecule has 0 bridgehead atoms. The molecule has 0 spiro atoms. The third kappa shape index (κ3) is 2.13. The summed E-state index contributed by atoms with van der Waals surface area (Å²) in [6.07, 6.45) is 1.96. The highest BCUT2D eigenvalue weighted by atomic mass is 79.9. The summed E-state index contributed by atoms with van der Waals surface area (Å²) in [5.74, 6) is 0.